The van der Waals surface area contributed by atoms with E-state index >= 15 is 0 Å². The Bertz CT molecular complexity index is 855. The van der Waals surface area contributed by atoms with Gasteiger partial charge in [0.1, 0.15) is 18.2 Å². The zero-order chi connectivity index (χ0) is 20.0. The number of nitrogens with zero attached hydrogens (tertiary/aromatic N) is 2. The Morgan fingerprint density at radius 1 is 1.33 bits per heavy atom. The third-order valence-corrected chi connectivity index (χ3v) is 4.66. The van der Waals surface area contributed by atoms with Crippen LogP contribution in [0.2, 0.25) is 0 Å². The molecule has 2 aromatic rings. The zero-order valence-corrected chi connectivity index (χ0v) is 17.3. The first-order valence-corrected chi connectivity index (χ1v) is 9.19. The van der Waals surface area contributed by atoms with Gasteiger partial charge in [-0.1, -0.05) is 0 Å². The van der Waals surface area contributed by atoms with Crippen LogP contribution in [0, 0.1) is 12.7 Å². The van der Waals surface area contributed by atoms with Crippen LogP contribution < -0.4 is 4.74 Å². The number of methoxy groups -OCH3 is 1. The second kappa shape index (κ2) is 9.50. The number of halogens is 2. The minimum atomic E-state index is -0.523. The van der Waals surface area contributed by atoms with Crippen LogP contribution in [0.25, 0.3) is 0 Å². The molecule has 2 aromatic carbocycles. The lowest BCUT2D eigenvalue weighted by molar-refractivity contribution is 0.0468. The number of hydrogen-bond donors (Lipinski definition) is 0. The first-order valence-electron chi connectivity index (χ1n) is 8.39. The number of aryl methyl sites for hydroxylation is 1. The van der Waals surface area contributed by atoms with E-state index < -0.39 is 11.8 Å². The van der Waals surface area contributed by atoms with Crippen LogP contribution in [0.1, 0.15) is 28.4 Å². The summed E-state index contributed by atoms with van der Waals surface area (Å²) < 4.78 is 24.9. The summed E-state index contributed by atoms with van der Waals surface area (Å²) in [4.78, 5) is 18.7. The Hall–Kier alpha value is -2.41. The fourth-order valence-electron chi connectivity index (χ4n) is 2.22. The molecule has 0 aliphatic rings. The van der Waals surface area contributed by atoms with E-state index in [1.807, 2.05) is 18.9 Å². The van der Waals surface area contributed by atoms with Crippen LogP contribution in [-0.2, 0) is 11.3 Å². The second-order valence-corrected chi connectivity index (χ2v) is 6.82. The number of benzene rings is 2. The minimum Gasteiger partial charge on any atom is -0.497 e. The van der Waals surface area contributed by atoms with Gasteiger partial charge in [-0.3, -0.25) is 0 Å². The molecule has 0 aliphatic carbocycles. The maximum Gasteiger partial charge on any atom is 0.338 e. The van der Waals surface area contributed by atoms with Crippen LogP contribution in [0.3, 0.4) is 0 Å². The van der Waals surface area contributed by atoms with Crippen molar-refractivity contribution in [2.45, 2.75) is 20.5 Å². The molecular formula is C20H22BrFN2O3. The summed E-state index contributed by atoms with van der Waals surface area (Å²) in [5, 5.41) is 0. The minimum absolute atomic E-state index is 0.160. The zero-order valence-electron chi connectivity index (χ0n) is 15.8. The van der Waals surface area contributed by atoms with Crippen molar-refractivity contribution in [2.24, 2.45) is 4.99 Å². The van der Waals surface area contributed by atoms with Crippen LogP contribution in [0.5, 0.6) is 5.75 Å². The predicted octanol–water partition coefficient (Wildman–Crippen LogP) is 4.87. The first-order chi connectivity index (χ1) is 12.8. The number of carbonyl (C=O) groups excluding carboxylic acids is 1. The molecule has 0 radical (unpaired) electrons. The molecule has 0 atom stereocenters. The third kappa shape index (κ3) is 5.53. The summed E-state index contributed by atoms with van der Waals surface area (Å²) in [5.74, 6) is -0.596. The molecule has 0 fully saturated rings. The Balaban J connectivity index is 2.12. The Morgan fingerprint density at radius 2 is 2.07 bits per heavy atom. The molecule has 7 heteroatoms. The van der Waals surface area contributed by atoms with Crippen molar-refractivity contribution in [3.63, 3.8) is 0 Å². The maximum absolute atomic E-state index is 14.0. The number of carbonyl (C=O) groups is 1. The lowest BCUT2D eigenvalue weighted by atomic mass is 10.1. The van der Waals surface area contributed by atoms with Crippen LogP contribution >= 0.6 is 15.9 Å². The molecule has 144 valence electrons. The molecule has 0 spiro atoms. The number of aliphatic imine (C=N–C) groups is 1. The summed E-state index contributed by atoms with van der Waals surface area (Å²) in [6.07, 6.45) is 1.73. The van der Waals surface area contributed by atoms with Crippen molar-refractivity contribution in [3.8, 4) is 5.75 Å². The first kappa shape index (κ1) is 20.9. The molecule has 5 nitrogen and oxygen atoms in total. The summed E-state index contributed by atoms with van der Waals surface area (Å²) >= 11 is 3.43. The van der Waals surface area contributed by atoms with Gasteiger partial charge in [-0.05, 0) is 59.6 Å². The van der Waals surface area contributed by atoms with E-state index in [-0.39, 0.29) is 12.2 Å². The summed E-state index contributed by atoms with van der Waals surface area (Å²) in [6, 6.07) is 7.88. The van der Waals surface area contributed by atoms with E-state index in [0.29, 0.717) is 21.5 Å². The highest BCUT2D eigenvalue weighted by Crippen LogP contribution is 2.29. The predicted molar refractivity (Wildman–Crippen MR) is 107 cm³/mol. The van der Waals surface area contributed by atoms with Gasteiger partial charge >= 0.3 is 5.97 Å². The van der Waals surface area contributed by atoms with Gasteiger partial charge in [-0.2, -0.15) is 0 Å². The van der Waals surface area contributed by atoms with Crippen molar-refractivity contribution < 1.29 is 18.7 Å². The summed E-state index contributed by atoms with van der Waals surface area (Å²) in [7, 11) is 3.39. The van der Waals surface area contributed by atoms with E-state index in [9.17, 15) is 9.18 Å². The van der Waals surface area contributed by atoms with Crippen molar-refractivity contribution in [1.82, 2.24) is 4.90 Å². The standard InChI is InChI=1S/C20H22BrFN2O3/c1-5-24(3)12-23-19-8-13(2)16(10-17(19)21)20(25)27-11-14-6-7-15(26-4)9-18(14)22/h6-10,12H,5,11H2,1-4H3/b23-12+. The normalized spacial score (nSPS) is 10.9. The van der Waals surface area contributed by atoms with E-state index in [4.69, 9.17) is 9.47 Å². The number of rotatable bonds is 7. The van der Waals surface area contributed by atoms with Gasteiger partial charge in [0, 0.05) is 29.7 Å². The number of hydrogen-bond acceptors (Lipinski definition) is 4. The third-order valence-electron chi connectivity index (χ3n) is 4.03. The molecule has 0 heterocycles. The van der Waals surface area contributed by atoms with E-state index in [2.05, 4.69) is 20.9 Å². The monoisotopic (exact) mass is 436 g/mol. The molecule has 0 unspecified atom stereocenters. The Kier molecular flexibility index (Phi) is 7.36. The van der Waals surface area contributed by atoms with Crippen molar-refractivity contribution in [2.75, 3.05) is 20.7 Å². The molecule has 0 N–H and O–H groups in total. The van der Waals surface area contributed by atoms with E-state index in [1.54, 1.807) is 31.5 Å². The quantitative estimate of drug-likeness (QED) is 0.352. The van der Waals surface area contributed by atoms with Gasteiger partial charge in [0.2, 0.25) is 0 Å². The summed E-state index contributed by atoms with van der Waals surface area (Å²) in [5.41, 5.74) is 2.12. The van der Waals surface area contributed by atoms with Crippen LogP contribution in [0.4, 0.5) is 10.1 Å². The lowest BCUT2D eigenvalue weighted by Crippen LogP contribution is -2.14. The topological polar surface area (TPSA) is 51.1 Å². The van der Waals surface area contributed by atoms with Gasteiger partial charge in [0.05, 0.1) is 24.7 Å². The molecule has 2 rings (SSSR count). The highest BCUT2D eigenvalue weighted by atomic mass is 79.9. The molecule has 27 heavy (non-hydrogen) atoms. The average Bonchev–Trinajstić information content (AvgIpc) is 2.66. The van der Waals surface area contributed by atoms with Gasteiger partial charge in [0.25, 0.3) is 0 Å². The fraction of sp³-hybridized carbons (Fsp3) is 0.300. The largest absolute Gasteiger partial charge is 0.497 e. The van der Waals surface area contributed by atoms with Gasteiger partial charge < -0.3 is 14.4 Å². The van der Waals surface area contributed by atoms with Crippen molar-refractivity contribution in [3.05, 3.63) is 57.3 Å². The fourth-order valence-corrected chi connectivity index (χ4v) is 2.67. The lowest BCUT2D eigenvalue weighted by Gasteiger charge is -2.11. The highest BCUT2D eigenvalue weighted by molar-refractivity contribution is 9.10. The average molecular weight is 437 g/mol. The van der Waals surface area contributed by atoms with Gasteiger partial charge in [0.15, 0.2) is 0 Å². The van der Waals surface area contributed by atoms with Gasteiger partial charge in [-0.25, -0.2) is 14.2 Å². The van der Waals surface area contributed by atoms with Crippen LogP contribution in [-0.4, -0.2) is 37.9 Å². The highest BCUT2D eigenvalue weighted by Gasteiger charge is 2.15. The number of ether oxygens (including phenoxy) is 2. The number of esters is 1. The molecular weight excluding hydrogens is 415 g/mol. The smallest absolute Gasteiger partial charge is 0.338 e. The molecule has 0 amide bonds. The van der Waals surface area contributed by atoms with Crippen LogP contribution in [0.15, 0.2) is 39.8 Å². The molecule has 0 saturated heterocycles. The Labute approximate surface area is 166 Å². The van der Waals surface area contributed by atoms with E-state index in [1.165, 1.54) is 19.2 Å². The molecule has 0 saturated carbocycles. The van der Waals surface area contributed by atoms with Gasteiger partial charge in [-0.15, -0.1) is 0 Å². The second-order valence-electron chi connectivity index (χ2n) is 5.97. The van der Waals surface area contributed by atoms with Crippen molar-refractivity contribution >= 4 is 33.9 Å². The van der Waals surface area contributed by atoms with Crippen molar-refractivity contribution in [1.29, 1.82) is 0 Å². The molecule has 0 aliphatic heterocycles. The Morgan fingerprint density at radius 3 is 2.70 bits per heavy atom. The summed E-state index contributed by atoms with van der Waals surface area (Å²) in [6.45, 7) is 4.51. The SMILES string of the molecule is CCN(C)/C=N/c1cc(C)c(C(=O)OCc2ccc(OC)cc2F)cc1Br. The van der Waals surface area contributed by atoms with E-state index in [0.717, 1.165) is 12.1 Å². The maximum atomic E-state index is 14.0. The molecule has 0 bridgehead atoms. The molecule has 0 aromatic heterocycles.